The topological polar surface area (TPSA) is 56.6 Å². The Balaban J connectivity index is 2.10. The van der Waals surface area contributed by atoms with E-state index < -0.39 is 0 Å². The number of hydrogen-bond acceptors (Lipinski definition) is 5. The molecule has 20 heavy (non-hydrogen) atoms. The van der Waals surface area contributed by atoms with Crippen molar-refractivity contribution in [2.24, 2.45) is 7.05 Å². The van der Waals surface area contributed by atoms with E-state index in [-0.39, 0.29) is 5.97 Å². The van der Waals surface area contributed by atoms with Crippen molar-refractivity contribution in [3.8, 4) is 0 Å². The highest BCUT2D eigenvalue weighted by Gasteiger charge is 2.30. The van der Waals surface area contributed by atoms with Gasteiger partial charge in [-0.2, -0.15) is 5.10 Å². The highest BCUT2D eigenvalue weighted by atomic mass is 16.5. The average Bonchev–Trinajstić information content (AvgIpc) is 3.20. The molecule has 1 heterocycles. The summed E-state index contributed by atoms with van der Waals surface area (Å²) >= 11 is 0. The first-order chi connectivity index (χ1) is 9.67. The number of ether oxygens (including phenoxy) is 2. The molecule has 1 saturated carbocycles. The maximum Gasteiger partial charge on any atom is 0.341 e. The molecule has 0 amide bonds. The lowest BCUT2D eigenvalue weighted by Gasteiger charge is -2.22. The van der Waals surface area contributed by atoms with E-state index in [2.05, 4.69) is 10.00 Å². The van der Waals surface area contributed by atoms with Crippen molar-refractivity contribution in [2.45, 2.75) is 32.4 Å². The van der Waals surface area contributed by atoms with Gasteiger partial charge in [-0.25, -0.2) is 4.79 Å². The fourth-order valence-electron chi connectivity index (χ4n) is 2.26. The zero-order valence-corrected chi connectivity index (χ0v) is 12.5. The minimum absolute atomic E-state index is 0.293. The van der Waals surface area contributed by atoms with Crippen LogP contribution in [0.3, 0.4) is 0 Å². The van der Waals surface area contributed by atoms with Crippen LogP contribution in [-0.2, 0) is 23.1 Å². The number of aromatic nitrogens is 2. The van der Waals surface area contributed by atoms with Crippen LogP contribution in [0.25, 0.3) is 0 Å². The van der Waals surface area contributed by atoms with Crippen LogP contribution in [0.4, 0.5) is 0 Å². The molecule has 0 N–H and O–H groups in total. The van der Waals surface area contributed by atoms with Crippen LogP contribution >= 0.6 is 0 Å². The molecule has 1 aliphatic carbocycles. The predicted octanol–water partition coefficient (Wildman–Crippen LogP) is 1.21. The summed E-state index contributed by atoms with van der Waals surface area (Å²) in [6.45, 7) is 4.46. The van der Waals surface area contributed by atoms with Crippen molar-refractivity contribution >= 4 is 5.97 Å². The van der Waals surface area contributed by atoms with Crippen LogP contribution in [0.1, 0.15) is 35.8 Å². The van der Waals surface area contributed by atoms with Crippen LogP contribution in [0.5, 0.6) is 0 Å². The zero-order valence-electron chi connectivity index (χ0n) is 12.5. The van der Waals surface area contributed by atoms with Gasteiger partial charge in [0.25, 0.3) is 0 Å². The summed E-state index contributed by atoms with van der Waals surface area (Å²) in [7, 11) is 3.57. The minimum Gasteiger partial charge on any atom is -0.462 e. The van der Waals surface area contributed by atoms with E-state index in [0.29, 0.717) is 31.4 Å². The third kappa shape index (κ3) is 3.58. The number of methoxy groups -OCH3 is 1. The molecule has 1 aromatic rings. The molecule has 1 fully saturated rings. The fraction of sp³-hybridized carbons (Fsp3) is 0.714. The molecule has 0 radical (unpaired) electrons. The van der Waals surface area contributed by atoms with Crippen molar-refractivity contribution < 1.29 is 14.3 Å². The van der Waals surface area contributed by atoms with E-state index in [1.807, 2.05) is 14.0 Å². The summed E-state index contributed by atoms with van der Waals surface area (Å²) in [6.07, 6.45) is 4.03. The molecule has 112 valence electrons. The molecule has 0 saturated heterocycles. The van der Waals surface area contributed by atoms with Crippen LogP contribution in [-0.4, -0.2) is 53.6 Å². The molecular weight excluding hydrogens is 258 g/mol. The summed E-state index contributed by atoms with van der Waals surface area (Å²) in [5.74, 6) is -0.293. The summed E-state index contributed by atoms with van der Waals surface area (Å²) in [4.78, 5) is 14.3. The fourth-order valence-corrected chi connectivity index (χ4v) is 2.26. The van der Waals surface area contributed by atoms with Crippen molar-refractivity contribution in [1.29, 1.82) is 0 Å². The quantitative estimate of drug-likeness (QED) is 0.670. The van der Waals surface area contributed by atoms with E-state index in [9.17, 15) is 4.79 Å². The normalized spacial score (nSPS) is 14.8. The Kier molecular flexibility index (Phi) is 5.14. The number of hydrogen-bond donors (Lipinski definition) is 0. The van der Waals surface area contributed by atoms with Gasteiger partial charge in [-0.3, -0.25) is 9.58 Å². The molecule has 0 aliphatic heterocycles. The molecule has 0 unspecified atom stereocenters. The molecule has 0 spiro atoms. The lowest BCUT2D eigenvalue weighted by Crippen LogP contribution is -2.30. The third-order valence-corrected chi connectivity index (χ3v) is 3.56. The standard InChI is InChI=1S/C14H23N3O3/c1-4-20-14(18)12-9-15-16(2)13(12)10-17(7-8-19-3)11-5-6-11/h9,11H,4-8,10H2,1-3H3. The van der Waals surface area contributed by atoms with Crippen molar-refractivity contribution in [3.63, 3.8) is 0 Å². The second-order valence-corrected chi connectivity index (χ2v) is 5.04. The van der Waals surface area contributed by atoms with Crippen LogP contribution < -0.4 is 0 Å². The Hall–Kier alpha value is -1.40. The van der Waals surface area contributed by atoms with E-state index in [4.69, 9.17) is 9.47 Å². The summed E-state index contributed by atoms with van der Waals surface area (Å²) < 4.78 is 12.0. The smallest absolute Gasteiger partial charge is 0.341 e. The highest BCUT2D eigenvalue weighted by molar-refractivity contribution is 5.90. The van der Waals surface area contributed by atoms with Gasteiger partial charge >= 0.3 is 5.97 Å². The van der Waals surface area contributed by atoms with Crippen LogP contribution in [0.2, 0.25) is 0 Å². The Morgan fingerprint density at radius 2 is 2.30 bits per heavy atom. The first-order valence-electron chi connectivity index (χ1n) is 7.08. The SMILES string of the molecule is CCOC(=O)c1cnn(C)c1CN(CCOC)C1CC1. The molecule has 6 nitrogen and oxygen atoms in total. The number of rotatable bonds is 8. The third-order valence-electron chi connectivity index (χ3n) is 3.56. The van der Waals surface area contributed by atoms with E-state index in [1.165, 1.54) is 12.8 Å². The van der Waals surface area contributed by atoms with Gasteiger partial charge in [-0.15, -0.1) is 0 Å². The number of carbonyl (C=O) groups is 1. The predicted molar refractivity (Wildman–Crippen MR) is 74.5 cm³/mol. The van der Waals surface area contributed by atoms with Crippen molar-refractivity contribution in [1.82, 2.24) is 14.7 Å². The number of carbonyl (C=O) groups excluding carboxylic acids is 1. The zero-order chi connectivity index (χ0) is 14.5. The van der Waals surface area contributed by atoms with E-state index in [1.54, 1.807) is 18.0 Å². The monoisotopic (exact) mass is 281 g/mol. The Morgan fingerprint density at radius 3 is 2.90 bits per heavy atom. The lowest BCUT2D eigenvalue weighted by atomic mass is 10.2. The molecule has 1 aromatic heterocycles. The molecule has 1 aliphatic rings. The van der Waals surface area contributed by atoms with Gasteiger partial charge in [0.1, 0.15) is 5.56 Å². The van der Waals surface area contributed by atoms with Gasteiger partial charge in [0.2, 0.25) is 0 Å². The van der Waals surface area contributed by atoms with Crippen molar-refractivity contribution in [3.05, 3.63) is 17.5 Å². The second-order valence-electron chi connectivity index (χ2n) is 5.04. The van der Waals surface area contributed by atoms with E-state index >= 15 is 0 Å². The summed E-state index contributed by atoms with van der Waals surface area (Å²) in [5, 5.41) is 4.19. The molecule has 0 bridgehead atoms. The maximum absolute atomic E-state index is 11.9. The second kappa shape index (κ2) is 6.85. The maximum atomic E-state index is 11.9. The number of aryl methyl sites for hydroxylation is 1. The molecule has 0 aromatic carbocycles. The lowest BCUT2D eigenvalue weighted by molar-refractivity contribution is 0.0523. The average molecular weight is 281 g/mol. The van der Waals surface area contributed by atoms with Gasteiger partial charge in [0.05, 0.1) is 25.1 Å². The van der Waals surface area contributed by atoms with Crippen molar-refractivity contribution in [2.75, 3.05) is 26.9 Å². The van der Waals surface area contributed by atoms with Gasteiger partial charge in [-0.05, 0) is 19.8 Å². The van der Waals surface area contributed by atoms with Gasteiger partial charge in [0.15, 0.2) is 0 Å². The van der Waals surface area contributed by atoms with Gasteiger partial charge in [-0.1, -0.05) is 0 Å². The first-order valence-corrected chi connectivity index (χ1v) is 7.08. The van der Waals surface area contributed by atoms with Gasteiger partial charge < -0.3 is 9.47 Å². The van der Waals surface area contributed by atoms with Crippen LogP contribution in [0, 0.1) is 0 Å². The highest BCUT2D eigenvalue weighted by Crippen LogP contribution is 2.28. The largest absolute Gasteiger partial charge is 0.462 e. The Morgan fingerprint density at radius 1 is 1.55 bits per heavy atom. The Bertz CT molecular complexity index is 455. The van der Waals surface area contributed by atoms with Gasteiger partial charge in [0, 0.05) is 33.3 Å². The minimum atomic E-state index is -0.293. The first kappa shape index (κ1) is 15.0. The molecular formula is C14H23N3O3. The summed E-state index contributed by atoms with van der Waals surface area (Å²) in [6, 6.07) is 0.607. The molecule has 0 atom stereocenters. The molecule has 6 heteroatoms. The summed E-state index contributed by atoms with van der Waals surface area (Å²) in [5.41, 5.74) is 1.48. The number of nitrogens with zero attached hydrogens (tertiary/aromatic N) is 3. The van der Waals surface area contributed by atoms with Crippen LogP contribution in [0.15, 0.2) is 6.20 Å². The van der Waals surface area contributed by atoms with E-state index in [0.717, 1.165) is 12.2 Å². The number of esters is 1. The molecule has 2 rings (SSSR count). The Labute approximate surface area is 119 Å².